The van der Waals surface area contributed by atoms with E-state index in [2.05, 4.69) is 27.2 Å². The summed E-state index contributed by atoms with van der Waals surface area (Å²) in [5, 5.41) is 9.94. The molecule has 1 saturated heterocycles. The zero-order valence-corrected chi connectivity index (χ0v) is 20.3. The van der Waals surface area contributed by atoms with Crippen LogP contribution in [0.4, 0.5) is 4.39 Å². The summed E-state index contributed by atoms with van der Waals surface area (Å²) in [5.74, 6) is 9.47. The molecule has 0 aliphatic carbocycles. The Kier molecular flexibility index (Phi) is 7.09. The minimum atomic E-state index is -0.841. The summed E-state index contributed by atoms with van der Waals surface area (Å²) < 4.78 is 14.7. The van der Waals surface area contributed by atoms with Crippen LogP contribution >= 0.6 is 0 Å². The van der Waals surface area contributed by atoms with Crippen LogP contribution in [-0.4, -0.2) is 44.4 Å². The Hall–Kier alpha value is -4.65. The van der Waals surface area contributed by atoms with Crippen molar-refractivity contribution in [2.75, 3.05) is 6.54 Å². The molecule has 9 heteroatoms. The topological polar surface area (TPSA) is 121 Å². The number of nitrogen functional groups attached to an aromatic ring is 1. The Labute approximate surface area is 218 Å². The van der Waals surface area contributed by atoms with E-state index >= 15 is 0 Å². The van der Waals surface area contributed by atoms with E-state index in [1.807, 2.05) is 17.0 Å². The van der Waals surface area contributed by atoms with E-state index < -0.39 is 23.7 Å². The van der Waals surface area contributed by atoms with E-state index in [0.717, 1.165) is 12.0 Å². The second-order valence-electron chi connectivity index (χ2n) is 9.03. The number of halogens is 1. The Morgan fingerprint density at radius 2 is 1.95 bits per heavy atom. The number of nitrogens with zero attached hydrogens (tertiary/aromatic N) is 3. The van der Waals surface area contributed by atoms with Gasteiger partial charge in [0.15, 0.2) is 0 Å². The Morgan fingerprint density at radius 1 is 1.13 bits per heavy atom. The van der Waals surface area contributed by atoms with Crippen LogP contribution in [0.25, 0.3) is 22.2 Å². The van der Waals surface area contributed by atoms with Gasteiger partial charge in [-0.15, -0.1) is 0 Å². The lowest BCUT2D eigenvalue weighted by atomic mass is 10.0. The molecule has 0 bridgehead atoms. The molecule has 4 N–H and O–H groups in total. The number of fused-ring (bicyclic) bond motifs is 1. The summed E-state index contributed by atoms with van der Waals surface area (Å²) >= 11 is 0. The van der Waals surface area contributed by atoms with Crippen molar-refractivity contribution >= 4 is 22.8 Å². The fraction of sp³-hybridized carbons (Fsp3) is 0.172. The third-order valence-corrected chi connectivity index (χ3v) is 6.58. The summed E-state index contributed by atoms with van der Waals surface area (Å²) in [4.78, 5) is 34.2. The molecule has 5 rings (SSSR count). The number of carbonyl (C=O) groups excluding carboxylic acids is 1. The number of carboxylic acid groups (broad SMARTS) is 1. The largest absolute Gasteiger partial charge is 0.480 e. The molecule has 4 aromatic rings. The van der Waals surface area contributed by atoms with Crippen LogP contribution < -0.4 is 11.3 Å². The highest BCUT2D eigenvalue weighted by Gasteiger charge is 2.30. The lowest BCUT2D eigenvalue weighted by molar-refractivity contribution is -0.142. The maximum absolute atomic E-state index is 14.7. The molecule has 0 radical (unpaired) electrons. The highest BCUT2D eigenvalue weighted by molar-refractivity contribution is 6.06. The van der Waals surface area contributed by atoms with Crippen LogP contribution in [0.5, 0.6) is 0 Å². The van der Waals surface area contributed by atoms with Crippen molar-refractivity contribution in [2.24, 2.45) is 5.84 Å². The van der Waals surface area contributed by atoms with E-state index in [1.54, 1.807) is 48.8 Å². The molecular formula is C29H24FN5O3. The smallest absolute Gasteiger partial charge is 0.320 e. The van der Waals surface area contributed by atoms with Crippen molar-refractivity contribution in [1.29, 1.82) is 0 Å². The Morgan fingerprint density at radius 3 is 2.68 bits per heavy atom. The first kappa shape index (κ1) is 25.0. The van der Waals surface area contributed by atoms with Gasteiger partial charge >= 0.3 is 5.97 Å². The molecule has 2 aromatic carbocycles. The molecule has 1 aliphatic rings. The minimum absolute atomic E-state index is 0.260. The molecule has 190 valence electrons. The predicted octanol–water partition coefficient (Wildman–Crippen LogP) is 3.49. The fourth-order valence-electron chi connectivity index (χ4n) is 4.63. The van der Waals surface area contributed by atoms with Crippen molar-refractivity contribution in [3.05, 3.63) is 95.1 Å². The van der Waals surface area contributed by atoms with E-state index in [1.165, 1.54) is 6.07 Å². The number of carboxylic acids is 1. The van der Waals surface area contributed by atoms with Gasteiger partial charge in [0, 0.05) is 35.5 Å². The highest BCUT2D eigenvalue weighted by Crippen LogP contribution is 2.25. The quantitative estimate of drug-likeness (QED) is 0.163. The molecule has 1 fully saturated rings. The number of pyridine rings is 2. The number of aliphatic carboxylic acids is 1. The monoisotopic (exact) mass is 509 g/mol. The number of nitrogens with one attached hydrogen (secondary N) is 1. The number of aromatic nitrogens is 2. The van der Waals surface area contributed by atoms with Gasteiger partial charge in [-0.1, -0.05) is 30.0 Å². The molecule has 1 atom stereocenters. The molecule has 1 aliphatic heterocycles. The van der Waals surface area contributed by atoms with Gasteiger partial charge in [-0.3, -0.25) is 24.9 Å². The van der Waals surface area contributed by atoms with Crippen LogP contribution in [0.2, 0.25) is 0 Å². The molecule has 0 saturated carbocycles. The zero-order valence-electron chi connectivity index (χ0n) is 20.3. The molecule has 2 aromatic heterocycles. The first-order valence-electron chi connectivity index (χ1n) is 12.1. The Balaban J connectivity index is 1.34. The summed E-state index contributed by atoms with van der Waals surface area (Å²) in [6.07, 6.45) is 4.60. The van der Waals surface area contributed by atoms with E-state index in [9.17, 15) is 19.1 Å². The molecule has 0 unspecified atom stereocenters. The van der Waals surface area contributed by atoms with Crippen LogP contribution in [0, 0.1) is 17.7 Å². The number of hydrazine groups is 1. The van der Waals surface area contributed by atoms with Crippen LogP contribution in [-0.2, 0) is 11.3 Å². The molecule has 8 nitrogen and oxygen atoms in total. The lowest BCUT2D eigenvalue weighted by Gasteiger charge is -2.21. The van der Waals surface area contributed by atoms with E-state index in [-0.39, 0.29) is 5.56 Å². The number of nitrogens with two attached hydrogens (primary N) is 1. The summed E-state index contributed by atoms with van der Waals surface area (Å²) in [7, 11) is 0. The van der Waals surface area contributed by atoms with E-state index in [0.29, 0.717) is 52.8 Å². The Bertz CT molecular complexity index is 1590. The molecular weight excluding hydrogens is 485 g/mol. The third-order valence-electron chi connectivity index (χ3n) is 6.58. The first-order chi connectivity index (χ1) is 18.4. The SMILES string of the molecule is NNC(=O)c1cc(-c2ccc(C#Cc3ccc(CN4CCC[C@@H]4C(=O)O)cc3F)cc2)nc2ccncc12. The molecule has 1 amide bonds. The number of carbonyl (C=O) groups is 2. The van der Waals surface area contributed by atoms with E-state index in [4.69, 9.17) is 5.84 Å². The minimum Gasteiger partial charge on any atom is -0.480 e. The van der Waals surface area contributed by atoms with Gasteiger partial charge in [0.2, 0.25) is 0 Å². The third kappa shape index (κ3) is 5.22. The maximum atomic E-state index is 14.7. The number of hydrogen-bond acceptors (Lipinski definition) is 6. The number of likely N-dealkylation sites (tertiary alicyclic amines) is 1. The fourth-order valence-corrected chi connectivity index (χ4v) is 4.63. The van der Waals surface area contributed by atoms with Gasteiger partial charge in [-0.25, -0.2) is 15.2 Å². The first-order valence-corrected chi connectivity index (χ1v) is 12.1. The average Bonchev–Trinajstić information content (AvgIpc) is 3.40. The number of benzene rings is 2. The normalized spacial score (nSPS) is 15.2. The van der Waals surface area contributed by atoms with Gasteiger partial charge < -0.3 is 5.11 Å². The van der Waals surface area contributed by atoms with Crippen molar-refractivity contribution in [1.82, 2.24) is 20.3 Å². The molecule has 3 heterocycles. The van der Waals surface area contributed by atoms with Crippen molar-refractivity contribution < 1.29 is 19.1 Å². The van der Waals surface area contributed by atoms with Gasteiger partial charge in [-0.05, 0) is 61.3 Å². The second kappa shape index (κ2) is 10.8. The number of rotatable bonds is 5. The van der Waals surface area contributed by atoms with Gasteiger partial charge in [0.25, 0.3) is 5.91 Å². The van der Waals surface area contributed by atoms with Crippen LogP contribution in [0.15, 0.2) is 67.0 Å². The van der Waals surface area contributed by atoms with Crippen LogP contribution in [0.1, 0.15) is 39.9 Å². The van der Waals surface area contributed by atoms with Gasteiger partial charge in [0.1, 0.15) is 11.9 Å². The summed E-state index contributed by atoms with van der Waals surface area (Å²) in [6, 6.07) is 14.9. The number of hydrogen-bond donors (Lipinski definition) is 3. The van der Waals surface area contributed by atoms with Gasteiger partial charge in [-0.2, -0.15) is 0 Å². The summed E-state index contributed by atoms with van der Waals surface area (Å²) in [5.41, 5.74) is 6.16. The summed E-state index contributed by atoms with van der Waals surface area (Å²) in [6.45, 7) is 1.07. The zero-order chi connectivity index (χ0) is 26.6. The number of amides is 1. The highest BCUT2D eigenvalue weighted by atomic mass is 19.1. The van der Waals surface area contributed by atoms with Crippen molar-refractivity contribution in [3.8, 4) is 23.1 Å². The van der Waals surface area contributed by atoms with Crippen molar-refractivity contribution in [3.63, 3.8) is 0 Å². The van der Waals surface area contributed by atoms with Crippen LogP contribution in [0.3, 0.4) is 0 Å². The maximum Gasteiger partial charge on any atom is 0.320 e. The second-order valence-corrected chi connectivity index (χ2v) is 9.03. The lowest BCUT2D eigenvalue weighted by Crippen LogP contribution is -2.35. The van der Waals surface area contributed by atoms with Crippen molar-refractivity contribution in [2.45, 2.75) is 25.4 Å². The average molecular weight is 510 g/mol. The van der Waals surface area contributed by atoms with Gasteiger partial charge in [0.05, 0.1) is 22.3 Å². The molecule has 0 spiro atoms. The predicted molar refractivity (Wildman–Crippen MR) is 140 cm³/mol. The molecule has 38 heavy (non-hydrogen) atoms. The standard InChI is InChI=1S/C29H24FN5O3/c30-24-14-19(17-35-13-1-2-27(35)29(37)38)6-8-20(24)7-3-18-4-9-21(10-5-18)26-15-22(28(36)34-31)23-16-32-12-11-25(23)33-26/h4-6,8-12,14-16,27H,1-2,13,17,31H2,(H,34,36)(H,37,38)/t27-/m1/s1.